The van der Waals surface area contributed by atoms with Crippen LogP contribution in [0.25, 0.3) is 0 Å². The van der Waals surface area contributed by atoms with Gasteiger partial charge in [0.15, 0.2) is 0 Å². The smallest absolute Gasteiger partial charge is 0.258 e. The van der Waals surface area contributed by atoms with E-state index in [-0.39, 0.29) is 22.2 Å². The summed E-state index contributed by atoms with van der Waals surface area (Å²) in [5.41, 5.74) is 0.407. The molecule has 0 bridgehead atoms. The van der Waals surface area contributed by atoms with Crippen LogP contribution in [-0.2, 0) is 16.6 Å². The van der Waals surface area contributed by atoms with E-state index in [1.165, 1.54) is 17.4 Å². The lowest BCUT2D eigenvalue weighted by molar-refractivity contribution is -0.385. The van der Waals surface area contributed by atoms with Crippen LogP contribution in [-0.4, -0.2) is 18.3 Å². The van der Waals surface area contributed by atoms with Crippen LogP contribution in [0.1, 0.15) is 15.6 Å². The summed E-state index contributed by atoms with van der Waals surface area (Å²) in [6.07, 6.45) is 0. The maximum Gasteiger partial charge on any atom is 0.270 e. The molecule has 2 aromatic rings. The van der Waals surface area contributed by atoms with Crippen molar-refractivity contribution >= 4 is 38.6 Å². The van der Waals surface area contributed by atoms with Crippen LogP contribution in [0.2, 0.25) is 5.02 Å². The van der Waals surface area contributed by atoms with E-state index in [2.05, 4.69) is 9.71 Å². The predicted octanol–water partition coefficient (Wildman–Crippen LogP) is 2.80. The van der Waals surface area contributed by atoms with E-state index in [9.17, 15) is 18.5 Å². The van der Waals surface area contributed by atoms with Gasteiger partial charge in [0.05, 0.1) is 20.6 Å². The van der Waals surface area contributed by atoms with E-state index in [1.54, 1.807) is 6.92 Å². The number of thiazole rings is 1. The monoisotopic (exact) mass is 361 g/mol. The average Bonchev–Trinajstić information content (AvgIpc) is 2.75. The Morgan fingerprint density at radius 3 is 2.64 bits per heavy atom. The molecule has 7 nitrogen and oxygen atoms in total. The number of nitrogens with one attached hydrogen (secondary N) is 1. The normalized spacial score (nSPS) is 11.6. The van der Waals surface area contributed by atoms with Crippen molar-refractivity contribution in [1.29, 1.82) is 0 Å². The molecule has 1 aromatic heterocycles. The number of non-ortho nitro benzene ring substituents is 1. The van der Waals surface area contributed by atoms with Gasteiger partial charge in [0, 0.05) is 23.6 Å². The molecule has 0 unspecified atom stereocenters. The number of hydrogen-bond acceptors (Lipinski definition) is 6. The second-order valence-electron chi connectivity index (χ2n) is 4.44. The van der Waals surface area contributed by atoms with Gasteiger partial charge in [-0.05, 0) is 19.9 Å². The average molecular weight is 362 g/mol. The Morgan fingerprint density at radius 2 is 2.09 bits per heavy atom. The maximum atomic E-state index is 12.3. The van der Waals surface area contributed by atoms with E-state index >= 15 is 0 Å². The highest BCUT2D eigenvalue weighted by atomic mass is 35.5. The summed E-state index contributed by atoms with van der Waals surface area (Å²) in [5, 5.41) is 11.5. The summed E-state index contributed by atoms with van der Waals surface area (Å²) >= 11 is 7.23. The Bertz CT molecular complexity index is 833. The molecule has 0 saturated heterocycles. The molecule has 0 atom stereocenters. The van der Waals surface area contributed by atoms with Crippen LogP contribution < -0.4 is 4.72 Å². The highest BCUT2D eigenvalue weighted by Gasteiger charge is 2.22. The highest BCUT2D eigenvalue weighted by molar-refractivity contribution is 7.89. The predicted molar refractivity (Wildman–Crippen MR) is 83.7 cm³/mol. The van der Waals surface area contributed by atoms with Crippen molar-refractivity contribution in [3.8, 4) is 0 Å². The molecule has 1 N–H and O–H groups in total. The first-order chi connectivity index (χ1) is 10.2. The number of rotatable bonds is 5. The summed E-state index contributed by atoms with van der Waals surface area (Å²) in [6, 6.07) is 3.28. The summed E-state index contributed by atoms with van der Waals surface area (Å²) in [4.78, 5) is 14.8. The second kappa shape index (κ2) is 6.29. The quantitative estimate of drug-likeness (QED) is 0.651. The van der Waals surface area contributed by atoms with Gasteiger partial charge in [0.2, 0.25) is 10.0 Å². The molecule has 0 fully saturated rings. The van der Waals surface area contributed by atoms with E-state index < -0.39 is 14.9 Å². The lowest BCUT2D eigenvalue weighted by atomic mass is 10.3. The van der Waals surface area contributed by atoms with Gasteiger partial charge in [-0.1, -0.05) is 11.6 Å². The fourth-order valence-corrected chi connectivity index (χ4v) is 4.27. The van der Waals surface area contributed by atoms with Gasteiger partial charge < -0.3 is 0 Å². The van der Waals surface area contributed by atoms with Gasteiger partial charge in [0.25, 0.3) is 5.69 Å². The zero-order chi connectivity index (χ0) is 16.5. The molecule has 118 valence electrons. The highest BCUT2D eigenvalue weighted by Crippen LogP contribution is 2.26. The van der Waals surface area contributed by atoms with Crippen LogP contribution in [0.5, 0.6) is 0 Å². The van der Waals surface area contributed by atoms with Gasteiger partial charge in [-0.25, -0.2) is 18.1 Å². The number of aryl methyl sites for hydroxylation is 2. The second-order valence-corrected chi connectivity index (χ2v) is 7.87. The molecule has 0 radical (unpaired) electrons. The van der Waals surface area contributed by atoms with Crippen LogP contribution >= 0.6 is 22.9 Å². The first-order valence-corrected chi connectivity index (χ1v) is 8.75. The third-order valence-corrected chi connectivity index (χ3v) is 5.79. The van der Waals surface area contributed by atoms with Crippen molar-refractivity contribution in [3.63, 3.8) is 0 Å². The van der Waals surface area contributed by atoms with Gasteiger partial charge in [-0.3, -0.25) is 10.1 Å². The Kier molecular flexibility index (Phi) is 4.81. The zero-order valence-electron chi connectivity index (χ0n) is 11.7. The van der Waals surface area contributed by atoms with Crippen LogP contribution in [0.15, 0.2) is 23.1 Å². The number of hydrogen-bond donors (Lipinski definition) is 1. The van der Waals surface area contributed by atoms with Gasteiger partial charge in [-0.2, -0.15) is 0 Å². The van der Waals surface area contributed by atoms with Gasteiger partial charge in [-0.15, -0.1) is 11.3 Å². The number of nitrogens with zero attached hydrogens (tertiary/aromatic N) is 2. The van der Waals surface area contributed by atoms with Gasteiger partial charge in [0.1, 0.15) is 4.90 Å². The molecule has 0 amide bonds. The summed E-state index contributed by atoms with van der Waals surface area (Å²) in [5.74, 6) is 0. The summed E-state index contributed by atoms with van der Waals surface area (Å²) in [7, 11) is -3.96. The molecule has 0 aliphatic rings. The van der Waals surface area contributed by atoms with Gasteiger partial charge >= 0.3 is 0 Å². The van der Waals surface area contributed by atoms with Crippen LogP contribution in [0.4, 0.5) is 5.69 Å². The third kappa shape index (κ3) is 3.61. The van der Waals surface area contributed by atoms with E-state index in [1.807, 2.05) is 6.92 Å². The molecule has 1 aromatic carbocycles. The Morgan fingerprint density at radius 1 is 1.41 bits per heavy atom. The minimum absolute atomic E-state index is 0.0543. The molecule has 1 heterocycles. The molecule has 0 saturated carbocycles. The van der Waals surface area contributed by atoms with Crippen molar-refractivity contribution < 1.29 is 13.3 Å². The molecular formula is C12H12ClN3O4S2. The largest absolute Gasteiger partial charge is 0.270 e. The number of nitro groups is 1. The summed E-state index contributed by atoms with van der Waals surface area (Å²) < 4.78 is 27.0. The number of benzene rings is 1. The summed E-state index contributed by atoms with van der Waals surface area (Å²) in [6.45, 7) is 3.67. The van der Waals surface area contributed by atoms with E-state index in [4.69, 9.17) is 11.6 Å². The van der Waals surface area contributed by atoms with Crippen molar-refractivity contribution in [2.24, 2.45) is 0 Å². The van der Waals surface area contributed by atoms with Crippen molar-refractivity contribution in [1.82, 2.24) is 9.71 Å². The van der Waals surface area contributed by atoms with E-state index in [0.29, 0.717) is 0 Å². The van der Waals surface area contributed by atoms with Crippen LogP contribution in [0.3, 0.4) is 0 Å². The number of aromatic nitrogens is 1. The molecule has 0 aliphatic heterocycles. The maximum absolute atomic E-state index is 12.3. The molecule has 10 heteroatoms. The topological polar surface area (TPSA) is 102 Å². The zero-order valence-corrected chi connectivity index (χ0v) is 14.0. The minimum Gasteiger partial charge on any atom is -0.258 e. The van der Waals surface area contributed by atoms with Crippen molar-refractivity contribution in [2.45, 2.75) is 25.3 Å². The molecule has 0 aliphatic carbocycles. The number of sulfonamides is 1. The fraction of sp³-hybridized carbons (Fsp3) is 0.250. The van der Waals surface area contributed by atoms with Crippen molar-refractivity contribution in [3.05, 3.63) is 48.9 Å². The molecule has 22 heavy (non-hydrogen) atoms. The first-order valence-electron chi connectivity index (χ1n) is 6.07. The molecular weight excluding hydrogens is 350 g/mol. The lowest BCUT2D eigenvalue weighted by Crippen LogP contribution is -2.23. The van der Waals surface area contributed by atoms with Crippen LogP contribution in [0, 0.1) is 24.0 Å². The lowest BCUT2D eigenvalue weighted by Gasteiger charge is -2.07. The fourth-order valence-electron chi connectivity index (χ4n) is 1.79. The SMILES string of the molecule is Cc1nc(C)c(CNS(=O)(=O)c2cc([N+](=O)[O-])ccc2Cl)s1. The Balaban J connectivity index is 2.29. The molecule has 2 rings (SSSR count). The Hall–Kier alpha value is -1.55. The number of nitro benzene ring substituents is 1. The van der Waals surface area contributed by atoms with Crippen molar-refractivity contribution in [2.75, 3.05) is 0 Å². The first kappa shape index (κ1) is 16.8. The Labute approximate surface area is 136 Å². The molecule has 0 spiro atoms. The standard InChI is InChI=1S/C12H12ClN3O4S2/c1-7-11(21-8(2)15-7)6-14-22(19,20)12-5-9(16(17)18)3-4-10(12)13/h3-5,14H,6H2,1-2H3. The van der Waals surface area contributed by atoms with E-state index in [0.717, 1.165) is 27.7 Å². The number of halogens is 1. The third-order valence-electron chi connectivity index (χ3n) is 2.84. The minimum atomic E-state index is -3.96.